The van der Waals surface area contributed by atoms with Gasteiger partial charge in [0.2, 0.25) is 0 Å². The van der Waals surface area contributed by atoms with Crippen molar-refractivity contribution in [3.63, 3.8) is 0 Å². The van der Waals surface area contributed by atoms with Crippen LogP contribution < -0.4 is 4.72 Å². The molecule has 5 nitrogen and oxygen atoms in total. The second kappa shape index (κ2) is 9.06. The van der Waals surface area contributed by atoms with Crippen molar-refractivity contribution >= 4 is 31.9 Å². The van der Waals surface area contributed by atoms with Crippen molar-refractivity contribution in [2.45, 2.75) is 26.8 Å². The standard InChI is InChI=1S/C26H31N3O2S/c1-19(2)17-29-18-22(14-15-27-32(30,31)28(3)4)25-13-12-21(16-26(25)29)24-11-7-9-20-8-5-6-10-23(20)24/h5-13,16,18-19,27H,14-15,17H2,1-4H3. The zero-order valence-corrected chi connectivity index (χ0v) is 20.0. The van der Waals surface area contributed by atoms with Gasteiger partial charge >= 0.3 is 0 Å². The highest BCUT2D eigenvalue weighted by molar-refractivity contribution is 7.87. The minimum Gasteiger partial charge on any atom is -0.347 e. The molecule has 0 amide bonds. The quantitative estimate of drug-likeness (QED) is 0.409. The Balaban J connectivity index is 1.73. The van der Waals surface area contributed by atoms with E-state index in [9.17, 15) is 8.42 Å². The van der Waals surface area contributed by atoms with E-state index in [1.54, 1.807) is 0 Å². The first-order chi connectivity index (χ1) is 15.3. The second-order valence-corrected chi connectivity index (χ2v) is 10.9. The van der Waals surface area contributed by atoms with E-state index >= 15 is 0 Å². The minimum absolute atomic E-state index is 0.367. The Hall–Kier alpha value is -2.67. The average Bonchev–Trinajstić information content (AvgIpc) is 3.09. The van der Waals surface area contributed by atoms with E-state index in [0.717, 1.165) is 12.1 Å². The molecule has 1 N–H and O–H groups in total. The van der Waals surface area contributed by atoms with Crippen LogP contribution in [0.4, 0.5) is 0 Å². The molecule has 0 radical (unpaired) electrons. The molecule has 0 spiro atoms. The summed E-state index contributed by atoms with van der Waals surface area (Å²) in [7, 11) is -0.354. The van der Waals surface area contributed by atoms with Crippen molar-refractivity contribution in [2.24, 2.45) is 5.92 Å². The molecular weight excluding hydrogens is 418 g/mol. The first kappa shape index (κ1) is 22.5. The van der Waals surface area contributed by atoms with Crippen molar-refractivity contribution in [1.29, 1.82) is 0 Å². The molecule has 4 aromatic rings. The maximum atomic E-state index is 12.1. The summed E-state index contributed by atoms with van der Waals surface area (Å²) in [6.45, 7) is 5.71. The summed E-state index contributed by atoms with van der Waals surface area (Å²) in [5.74, 6) is 0.506. The highest BCUT2D eigenvalue weighted by atomic mass is 32.2. The van der Waals surface area contributed by atoms with Gasteiger partial charge in [0.15, 0.2) is 0 Å². The molecule has 0 saturated heterocycles. The number of fused-ring (bicyclic) bond motifs is 2. The van der Waals surface area contributed by atoms with Gasteiger partial charge in [-0.2, -0.15) is 12.7 Å². The van der Waals surface area contributed by atoms with Gasteiger partial charge in [-0.3, -0.25) is 0 Å². The number of nitrogens with one attached hydrogen (secondary N) is 1. The Labute approximate surface area is 190 Å². The monoisotopic (exact) mass is 449 g/mol. The lowest BCUT2D eigenvalue weighted by Gasteiger charge is -2.12. The van der Waals surface area contributed by atoms with E-state index in [4.69, 9.17) is 0 Å². The van der Waals surface area contributed by atoms with E-state index in [-0.39, 0.29) is 0 Å². The third-order valence-corrected chi connectivity index (χ3v) is 7.32. The van der Waals surface area contributed by atoms with Gasteiger partial charge in [-0.25, -0.2) is 4.72 Å². The van der Waals surface area contributed by atoms with Gasteiger partial charge in [-0.15, -0.1) is 0 Å². The van der Waals surface area contributed by atoms with Crippen LogP contribution in [0.25, 0.3) is 32.8 Å². The fraction of sp³-hybridized carbons (Fsp3) is 0.308. The van der Waals surface area contributed by atoms with Crippen molar-refractivity contribution in [1.82, 2.24) is 13.6 Å². The van der Waals surface area contributed by atoms with Crippen LogP contribution >= 0.6 is 0 Å². The van der Waals surface area contributed by atoms with Crippen molar-refractivity contribution in [2.75, 3.05) is 20.6 Å². The van der Waals surface area contributed by atoms with Gasteiger partial charge in [0, 0.05) is 44.3 Å². The summed E-state index contributed by atoms with van der Waals surface area (Å²) in [4.78, 5) is 0. The maximum absolute atomic E-state index is 12.1. The highest BCUT2D eigenvalue weighted by Crippen LogP contribution is 2.32. The average molecular weight is 450 g/mol. The maximum Gasteiger partial charge on any atom is 0.278 e. The van der Waals surface area contributed by atoms with E-state index in [1.165, 1.54) is 51.2 Å². The van der Waals surface area contributed by atoms with Crippen LogP contribution in [0.3, 0.4) is 0 Å². The number of benzene rings is 3. The smallest absolute Gasteiger partial charge is 0.278 e. The van der Waals surface area contributed by atoms with Crippen LogP contribution in [0, 0.1) is 5.92 Å². The number of nitrogens with zero attached hydrogens (tertiary/aromatic N) is 2. The Morgan fingerprint density at radius 2 is 1.72 bits per heavy atom. The summed E-state index contributed by atoms with van der Waals surface area (Å²) in [5, 5.41) is 3.66. The molecule has 0 aliphatic heterocycles. The molecule has 6 heteroatoms. The predicted octanol–water partition coefficient (Wildman–Crippen LogP) is 5.06. The Morgan fingerprint density at radius 3 is 2.47 bits per heavy atom. The minimum atomic E-state index is -3.42. The summed E-state index contributed by atoms with van der Waals surface area (Å²) >= 11 is 0. The Morgan fingerprint density at radius 1 is 0.969 bits per heavy atom. The van der Waals surface area contributed by atoms with Crippen molar-refractivity contribution < 1.29 is 8.42 Å². The largest absolute Gasteiger partial charge is 0.347 e. The fourth-order valence-corrected chi connectivity index (χ4v) is 4.82. The van der Waals surface area contributed by atoms with Gasteiger partial charge in [0.1, 0.15) is 0 Å². The Bertz CT molecular complexity index is 1350. The Kier molecular flexibility index (Phi) is 6.38. The highest BCUT2D eigenvalue weighted by Gasteiger charge is 2.15. The number of rotatable bonds is 8. The lowest BCUT2D eigenvalue weighted by Crippen LogP contribution is -2.36. The molecule has 32 heavy (non-hydrogen) atoms. The molecule has 1 aromatic heterocycles. The van der Waals surface area contributed by atoms with E-state index < -0.39 is 10.2 Å². The lowest BCUT2D eigenvalue weighted by molar-refractivity contribution is 0.506. The SMILES string of the molecule is CC(C)Cn1cc(CCNS(=O)(=O)N(C)C)c2ccc(-c3cccc4ccccc34)cc21. The van der Waals surface area contributed by atoms with Gasteiger partial charge < -0.3 is 4.57 Å². The molecule has 0 aliphatic rings. The predicted molar refractivity (Wildman–Crippen MR) is 134 cm³/mol. The molecule has 0 atom stereocenters. The van der Waals surface area contributed by atoms with Gasteiger partial charge in [-0.05, 0) is 45.9 Å². The lowest BCUT2D eigenvalue weighted by atomic mass is 9.97. The first-order valence-corrected chi connectivity index (χ1v) is 12.5. The fourth-order valence-electron chi connectivity index (χ4n) is 4.20. The van der Waals surface area contributed by atoms with Gasteiger partial charge in [0.05, 0.1) is 0 Å². The molecule has 1 heterocycles. The van der Waals surface area contributed by atoms with E-state index in [0.29, 0.717) is 18.9 Å². The number of aromatic nitrogens is 1. The summed E-state index contributed by atoms with van der Waals surface area (Å²) < 4.78 is 30.3. The van der Waals surface area contributed by atoms with Crippen LogP contribution in [0.15, 0.2) is 66.9 Å². The van der Waals surface area contributed by atoms with E-state index in [2.05, 4.69) is 90.0 Å². The molecule has 3 aromatic carbocycles. The van der Waals surface area contributed by atoms with Gasteiger partial charge in [0.25, 0.3) is 10.2 Å². The van der Waals surface area contributed by atoms with Crippen molar-refractivity contribution in [3.05, 3.63) is 72.4 Å². The summed E-state index contributed by atoms with van der Waals surface area (Å²) in [6.07, 6.45) is 2.82. The van der Waals surface area contributed by atoms with Crippen LogP contribution in [0.1, 0.15) is 19.4 Å². The number of hydrogen-bond donors (Lipinski definition) is 1. The number of hydrogen-bond acceptors (Lipinski definition) is 2. The zero-order valence-electron chi connectivity index (χ0n) is 19.2. The third kappa shape index (κ3) is 4.58. The normalized spacial score (nSPS) is 12.4. The molecule has 168 valence electrons. The molecule has 0 fully saturated rings. The molecule has 4 rings (SSSR count). The molecular formula is C26H31N3O2S. The van der Waals surface area contributed by atoms with Crippen LogP contribution in [0.5, 0.6) is 0 Å². The van der Waals surface area contributed by atoms with Crippen LogP contribution in [0.2, 0.25) is 0 Å². The first-order valence-electron chi connectivity index (χ1n) is 11.0. The molecule has 0 bridgehead atoms. The topological polar surface area (TPSA) is 54.3 Å². The zero-order chi connectivity index (χ0) is 22.9. The van der Waals surface area contributed by atoms with Crippen LogP contribution in [-0.4, -0.2) is 37.9 Å². The second-order valence-electron chi connectivity index (χ2n) is 8.89. The summed E-state index contributed by atoms with van der Waals surface area (Å²) in [6, 6.07) is 21.5. The summed E-state index contributed by atoms with van der Waals surface area (Å²) in [5.41, 5.74) is 4.76. The van der Waals surface area contributed by atoms with Gasteiger partial charge in [-0.1, -0.05) is 68.4 Å². The molecule has 0 aliphatic carbocycles. The van der Waals surface area contributed by atoms with Crippen LogP contribution in [-0.2, 0) is 23.2 Å². The van der Waals surface area contributed by atoms with E-state index in [1.807, 2.05) is 0 Å². The third-order valence-electron chi connectivity index (χ3n) is 5.79. The van der Waals surface area contributed by atoms with Crippen molar-refractivity contribution in [3.8, 4) is 11.1 Å². The molecule has 0 unspecified atom stereocenters. The molecule has 0 saturated carbocycles.